The zero-order valence-corrected chi connectivity index (χ0v) is 11.7. The summed E-state index contributed by atoms with van der Waals surface area (Å²) in [5, 5.41) is 2.85. The molecule has 1 N–H and O–H groups in total. The summed E-state index contributed by atoms with van der Waals surface area (Å²) in [7, 11) is 0. The van der Waals surface area contributed by atoms with Gasteiger partial charge in [0, 0.05) is 28.8 Å². The molecule has 1 unspecified atom stereocenters. The van der Waals surface area contributed by atoms with E-state index in [1.807, 2.05) is 24.0 Å². The number of piperazine rings is 1. The Morgan fingerprint density at radius 3 is 3.00 bits per heavy atom. The fraction of sp³-hybridized carbons (Fsp3) is 0.385. The first kappa shape index (κ1) is 13.1. The molecule has 1 aliphatic rings. The summed E-state index contributed by atoms with van der Waals surface area (Å²) >= 11 is 3.35. The molecule has 2 rings (SSSR count). The molecule has 0 bridgehead atoms. The van der Waals surface area contributed by atoms with Gasteiger partial charge in [-0.3, -0.25) is 9.59 Å². The summed E-state index contributed by atoms with van der Waals surface area (Å²) in [6.07, 6.45) is 1.56. The number of hydrogen-bond acceptors (Lipinski definition) is 3. The number of rotatable bonds is 3. The Hall–Kier alpha value is -1.36. The average Bonchev–Trinajstić information content (AvgIpc) is 2.38. The highest BCUT2D eigenvalue weighted by Crippen LogP contribution is 2.26. The van der Waals surface area contributed by atoms with Crippen molar-refractivity contribution in [3.05, 3.63) is 28.2 Å². The molecule has 0 spiro atoms. The van der Waals surface area contributed by atoms with Crippen LogP contribution < -0.4 is 10.2 Å². The second-order valence-electron chi connectivity index (χ2n) is 4.23. The zero-order chi connectivity index (χ0) is 13.1. The van der Waals surface area contributed by atoms with E-state index in [1.165, 1.54) is 0 Å². The molecular formula is C13H15BrN2O2. The van der Waals surface area contributed by atoms with Crippen LogP contribution in [0.2, 0.25) is 0 Å². The number of nitrogens with one attached hydrogen (secondary N) is 1. The molecule has 1 heterocycles. The molecule has 1 aromatic rings. The van der Waals surface area contributed by atoms with Gasteiger partial charge in [-0.15, -0.1) is 0 Å². The number of amides is 1. The summed E-state index contributed by atoms with van der Waals surface area (Å²) in [5.41, 5.74) is 1.44. The van der Waals surface area contributed by atoms with Crippen LogP contribution in [0, 0.1) is 0 Å². The van der Waals surface area contributed by atoms with E-state index in [9.17, 15) is 9.59 Å². The smallest absolute Gasteiger partial charge is 0.242 e. The molecule has 0 aromatic heterocycles. The Morgan fingerprint density at radius 1 is 1.56 bits per heavy atom. The summed E-state index contributed by atoms with van der Waals surface area (Å²) < 4.78 is 0.864. The normalized spacial score (nSPS) is 19.6. The third-order valence-corrected chi connectivity index (χ3v) is 3.64. The van der Waals surface area contributed by atoms with E-state index in [4.69, 9.17) is 0 Å². The van der Waals surface area contributed by atoms with Crippen LogP contribution in [0.1, 0.15) is 23.7 Å². The number of hydrogen-bond donors (Lipinski definition) is 1. The van der Waals surface area contributed by atoms with Gasteiger partial charge in [-0.2, -0.15) is 0 Å². The zero-order valence-electron chi connectivity index (χ0n) is 10.1. The number of carbonyl (C=O) groups excluding carboxylic acids is 2. The summed E-state index contributed by atoms with van der Waals surface area (Å²) in [5.74, 6) is 0.0310. The highest BCUT2D eigenvalue weighted by molar-refractivity contribution is 9.10. The van der Waals surface area contributed by atoms with Gasteiger partial charge in [0.1, 0.15) is 6.04 Å². The molecule has 1 aliphatic heterocycles. The van der Waals surface area contributed by atoms with Gasteiger partial charge in [0.25, 0.3) is 0 Å². The fourth-order valence-corrected chi connectivity index (χ4v) is 2.67. The molecule has 1 aromatic carbocycles. The second-order valence-corrected chi connectivity index (χ2v) is 5.15. The standard InChI is InChI=1S/C13H15BrN2O2/c1-2-11-13(18)15-5-6-16(11)12-4-3-10(14)7-9(12)8-17/h3-4,7-8,11H,2,5-6H2,1H3,(H,15,18). The molecule has 1 fully saturated rings. The van der Waals surface area contributed by atoms with Crippen LogP contribution in [0.4, 0.5) is 5.69 Å². The number of aldehydes is 1. The highest BCUT2D eigenvalue weighted by Gasteiger charge is 2.29. The van der Waals surface area contributed by atoms with Gasteiger partial charge in [-0.05, 0) is 24.6 Å². The first-order valence-corrected chi connectivity index (χ1v) is 6.75. The Kier molecular flexibility index (Phi) is 4.01. The Balaban J connectivity index is 2.40. The van der Waals surface area contributed by atoms with E-state index in [0.717, 1.165) is 29.4 Å². The number of halogens is 1. The lowest BCUT2D eigenvalue weighted by molar-refractivity contribution is -0.123. The van der Waals surface area contributed by atoms with Gasteiger partial charge in [0.15, 0.2) is 6.29 Å². The van der Waals surface area contributed by atoms with Crippen LogP contribution in [-0.4, -0.2) is 31.3 Å². The van der Waals surface area contributed by atoms with E-state index in [0.29, 0.717) is 12.1 Å². The van der Waals surface area contributed by atoms with E-state index in [-0.39, 0.29) is 11.9 Å². The van der Waals surface area contributed by atoms with Crippen molar-refractivity contribution in [3.63, 3.8) is 0 Å². The summed E-state index contributed by atoms with van der Waals surface area (Å²) in [4.78, 5) is 25.0. The molecular weight excluding hydrogens is 296 g/mol. The Morgan fingerprint density at radius 2 is 2.33 bits per heavy atom. The third-order valence-electron chi connectivity index (χ3n) is 3.14. The number of anilines is 1. The molecule has 96 valence electrons. The van der Waals surface area contributed by atoms with Gasteiger partial charge >= 0.3 is 0 Å². The maximum Gasteiger partial charge on any atom is 0.242 e. The fourth-order valence-electron chi connectivity index (χ4n) is 2.29. The topological polar surface area (TPSA) is 49.4 Å². The van der Waals surface area contributed by atoms with Crippen molar-refractivity contribution >= 4 is 33.8 Å². The number of benzene rings is 1. The largest absolute Gasteiger partial charge is 0.357 e. The predicted molar refractivity (Wildman–Crippen MR) is 74.0 cm³/mol. The molecule has 4 nitrogen and oxygen atoms in total. The maximum atomic E-state index is 11.8. The van der Waals surface area contributed by atoms with E-state index < -0.39 is 0 Å². The molecule has 0 radical (unpaired) electrons. The van der Waals surface area contributed by atoms with Crippen molar-refractivity contribution in [2.45, 2.75) is 19.4 Å². The molecule has 1 atom stereocenters. The predicted octanol–water partition coefficient (Wildman–Crippen LogP) is 1.98. The minimum Gasteiger partial charge on any atom is -0.357 e. The first-order valence-electron chi connectivity index (χ1n) is 5.96. The molecule has 1 saturated heterocycles. The summed E-state index contributed by atoms with van der Waals surface area (Å²) in [6.45, 7) is 3.32. The lowest BCUT2D eigenvalue weighted by Crippen LogP contribution is -2.55. The van der Waals surface area contributed by atoms with Crippen LogP contribution in [0.3, 0.4) is 0 Å². The van der Waals surface area contributed by atoms with Gasteiger partial charge in [0.2, 0.25) is 5.91 Å². The van der Waals surface area contributed by atoms with E-state index in [1.54, 1.807) is 6.07 Å². The SMILES string of the molecule is CCC1C(=O)NCCN1c1ccc(Br)cc1C=O. The minimum absolute atomic E-state index is 0.0310. The minimum atomic E-state index is -0.196. The second kappa shape index (κ2) is 5.52. The monoisotopic (exact) mass is 310 g/mol. The van der Waals surface area contributed by atoms with Crippen LogP contribution in [0.15, 0.2) is 22.7 Å². The van der Waals surface area contributed by atoms with Crippen molar-refractivity contribution in [2.75, 3.05) is 18.0 Å². The highest BCUT2D eigenvalue weighted by atomic mass is 79.9. The van der Waals surface area contributed by atoms with E-state index >= 15 is 0 Å². The van der Waals surface area contributed by atoms with E-state index in [2.05, 4.69) is 21.2 Å². The Labute approximate surface area is 114 Å². The third kappa shape index (κ3) is 2.41. The van der Waals surface area contributed by atoms with Gasteiger partial charge in [-0.25, -0.2) is 0 Å². The Bertz CT molecular complexity index is 476. The average molecular weight is 311 g/mol. The van der Waals surface area contributed by atoms with Crippen LogP contribution in [0.25, 0.3) is 0 Å². The quantitative estimate of drug-likeness (QED) is 0.869. The van der Waals surface area contributed by atoms with Crippen molar-refractivity contribution < 1.29 is 9.59 Å². The number of carbonyl (C=O) groups is 2. The molecule has 18 heavy (non-hydrogen) atoms. The lowest BCUT2D eigenvalue weighted by atomic mass is 10.1. The van der Waals surface area contributed by atoms with Crippen molar-refractivity contribution in [3.8, 4) is 0 Å². The van der Waals surface area contributed by atoms with Crippen molar-refractivity contribution in [1.29, 1.82) is 0 Å². The van der Waals surface area contributed by atoms with Crippen LogP contribution >= 0.6 is 15.9 Å². The van der Waals surface area contributed by atoms with Gasteiger partial charge in [-0.1, -0.05) is 22.9 Å². The molecule has 1 amide bonds. The molecule has 5 heteroatoms. The van der Waals surface area contributed by atoms with Crippen LogP contribution in [-0.2, 0) is 4.79 Å². The first-order chi connectivity index (χ1) is 8.67. The summed E-state index contributed by atoms with van der Waals surface area (Å²) in [6, 6.07) is 5.36. The van der Waals surface area contributed by atoms with Crippen LogP contribution in [0.5, 0.6) is 0 Å². The maximum absolute atomic E-state index is 11.8. The van der Waals surface area contributed by atoms with Crippen molar-refractivity contribution in [1.82, 2.24) is 5.32 Å². The number of nitrogens with zero attached hydrogens (tertiary/aromatic N) is 1. The molecule has 0 aliphatic carbocycles. The van der Waals surface area contributed by atoms with Crippen molar-refractivity contribution in [2.24, 2.45) is 0 Å². The van der Waals surface area contributed by atoms with Gasteiger partial charge < -0.3 is 10.2 Å². The van der Waals surface area contributed by atoms with Gasteiger partial charge in [0.05, 0.1) is 0 Å². The lowest BCUT2D eigenvalue weighted by Gasteiger charge is -2.37. The molecule has 0 saturated carbocycles.